The van der Waals surface area contributed by atoms with Crippen LogP contribution in [0.2, 0.25) is 5.02 Å². The first kappa shape index (κ1) is 21.9. The van der Waals surface area contributed by atoms with Gasteiger partial charge in [-0.05, 0) is 55.3 Å². The first-order chi connectivity index (χ1) is 14.3. The molecule has 1 N–H and O–H groups in total. The third-order valence-electron chi connectivity index (χ3n) is 4.65. The van der Waals surface area contributed by atoms with Crippen molar-refractivity contribution < 1.29 is 13.2 Å². The fourth-order valence-electron chi connectivity index (χ4n) is 3.09. The minimum atomic E-state index is -3.95. The van der Waals surface area contributed by atoms with Crippen molar-refractivity contribution in [2.45, 2.75) is 25.2 Å². The van der Waals surface area contributed by atoms with Crippen LogP contribution in [0.3, 0.4) is 0 Å². The lowest BCUT2D eigenvalue weighted by molar-refractivity contribution is -0.114. The van der Waals surface area contributed by atoms with Gasteiger partial charge in [-0.15, -0.1) is 0 Å². The van der Waals surface area contributed by atoms with E-state index in [1.165, 1.54) is 0 Å². The number of amides is 1. The van der Waals surface area contributed by atoms with Crippen LogP contribution in [0.1, 0.15) is 18.1 Å². The number of rotatable bonds is 7. The predicted octanol–water partition coefficient (Wildman–Crippen LogP) is 5.04. The van der Waals surface area contributed by atoms with Crippen LogP contribution < -0.4 is 9.62 Å². The SMILES string of the molecule is CCc1ccccc1N(CC(=O)Nc1cccc(Cl)c1)S(=O)(=O)c1ccc(C)cc1. The van der Waals surface area contributed by atoms with Crippen molar-refractivity contribution in [3.05, 3.63) is 88.9 Å². The summed E-state index contributed by atoms with van der Waals surface area (Å²) in [7, 11) is -3.95. The third kappa shape index (κ3) is 5.01. The standard InChI is InChI=1S/C23H23ClN2O3S/c1-3-18-7-4-5-10-22(18)26(30(28,29)21-13-11-17(2)12-14-21)16-23(27)25-20-9-6-8-19(24)15-20/h4-15H,3,16H2,1-2H3,(H,25,27). The zero-order chi connectivity index (χ0) is 21.7. The molecule has 3 rings (SSSR count). The van der Waals surface area contributed by atoms with Gasteiger partial charge in [-0.3, -0.25) is 9.10 Å². The molecule has 0 radical (unpaired) electrons. The van der Waals surface area contributed by atoms with Crippen LogP contribution in [0.25, 0.3) is 0 Å². The lowest BCUT2D eigenvalue weighted by Gasteiger charge is -2.26. The number of halogens is 1. The third-order valence-corrected chi connectivity index (χ3v) is 6.65. The number of carbonyl (C=O) groups excluding carboxylic acids is 1. The van der Waals surface area contributed by atoms with Crippen LogP contribution in [-0.2, 0) is 21.2 Å². The molecule has 0 aliphatic heterocycles. The minimum Gasteiger partial charge on any atom is -0.324 e. The molecule has 0 aliphatic rings. The molecular weight excluding hydrogens is 420 g/mol. The van der Waals surface area contributed by atoms with E-state index < -0.39 is 15.9 Å². The molecule has 3 aromatic rings. The van der Waals surface area contributed by atoms with E-state index in [1.54, 1.807) is 60.7 Å². The van der Waals surface area contributed by atoms with E-state index in [9.17, 15) is 13.2 Å². The van der Waals surface area contributed by atoms with Gasteiger partial charge >= 0.3 is 0 Å². The van der Waals surface area contributed by atoms with Crippen LogP contribution in [-0.4, -0.2) is 20.9 Å². The van der Waals surface area contributed by atoms with E-state index in [-0.39, 0.29) is 11.4 Å². The molecule has 156 valence electrons. The summed E-state index contributed by atoms with van der Waals surface area (Å²) < 4.78 is 28.1. The van der Waals surface area contributed by atoms with Crippen LogP contribution in [0, 0.1) is 6.92 Å². The van der Waals surface area contributed by atoms with E-state index >= 15 is 0 Å². The maximum atomic E-state index is 13.5. The molecule has 0 unspecified atom stereocenters. The highest BCUT2D eigenvalue weighted by atomic mass is 35.5. The Morgan fingerprint density at radius 3 is 2.37 bits per heavy atom. The van der Waals surface area contributed by atoms with Crippen molar-refractivity contribution in [2.24, 2.45) is 0 Å². The Bertz CT molecular complexity index is 1150. The summed E-state index contributed by atoms with van der Waals surface area (Å²) in [4.78, 5) is 12.9. The molecular formula is C23H23ClN2O3S. The highest BCUT2D eigenvalue weighted by Crippen LogP contribution is 2.28. The molecule has 0 saturated heterocycles. The quantitative estimate of drug-likeness (QED) is 0.557. The van der Waals surface area contributed by atoms with Crippen molar-refractivity contribution in [1.82, 2.24) is 0 Å². The maximum Gasteiger partial charge on any atom is 0.264 e. The second-order valence-electron chi connectivity index (χ2n) is 6.87. The molecule has 0 saturated carbocycles. The van der Waals surface area contributed by atoms with Gasteiger partial charge in [-0.1, -0.05) is 60.5 Å². The first-order valence-electron chi connectivity index (χ1n) is 9.54. The van der Waals surface area contributed by atoms with Crippen molar-refractivity contribution in [1.29, 1.82) is 0 Å². The highest BCUT2D eigenvalue weighted by molar-refractivity contribution is 7.92. The first-order valence-corrected chi connectivity index (χ1v) is 11.4. The molecule has 0 aliphatic carbocycles. The largest absolute Gasteiger partial charge is 0.324 e. The summed E-state index contributed by atoms with van der Waals surface area (Å²) in [6.45, 7) is 3.47. The Kier molecular flexibility index (Phi) is 6.80. The predicted molar refractivity (Wildman–Crippen MR) is 122 cm³/mol. The fraction of sp³-hybridized carbons (Fsp3) is 0.174. The summed E-state index contributed by atoms with van der Waals surface area (Å²) in [5.74, 6) is -0.459. The number of nitrogens with zero attached hydrogens (tertiary/aromatic N) is 1. The number of carbonyl (C=O) groups is 1. The van der Waals surface area contributed by atoms with E-state index in [1.807, 2.05) is 26.0 Å². The second-order valence-corrected chi connectivity index (χ2v) is 9.16. The molecule has 0 spiro atoms. The van der Waals surface area contributed by atoms with E-state index in [4.69, 9.17) is 11.6 Å². The van der Waals surface area contributed by atoms with Gasteiger partial charge in [0.05, 0.1) is 10.6 Å². The van der Waals surface area contributed by atoms with E-state index in [0.717, 1.165) is 15.4 Å². The average Bonchev–Trinajstić information content (AvgIpc) is 2.72. The Balaban J connectivity index is 1.99. The number of para-hydroxylation sites is 1. The Morgan fingerprint density at radius 2 is 1.70 bits per heavy atom. The summed E-state index contributed by atoms with van der Waals surface area (Å²) in [6, 6.07) is 20.5. The van der Waals surface area contributed by atoms with E-state index in [0.29, 0.717) is 22.8 Å². The van der Waals surface area contributed by atoms with Crippen LogP contribution in [0.15, 0.2) is 77.7 Å². The summed E-state index contributed by atoms with van der Waals surface area (Å²) >= 11 is 5.98. The van der Waals surface area contributed by atoms with Crippen molar-refractivity contribution >= 4 is 38.9 Å². The summed E-state index contributed by atoms with van der Waals surface area (Å²) in [5, 5.41) is 3.20. The van der Waals surface area contributed by atoms with Gasteiger partial charge < -0.3 is 5.32 Å². The Labute approximate surface area is 182 Å². The maximum absolute atomic E-state index is 13.5. The van der Waals surface area contributed by atoms with Gasteiger partial charge in [0.15, 0.2) is 0 Å². The highest BCUT2D eigenvalue weighted by Gasteiger charge is 2.28. The van der Waals surface area contributed by atoms with Gasteiger partial charge in [0.1, 0.15) is 6.54 Å². The number of hydrogen-bond donors (Lipinski definition) is 1. The molecule has 5 nitrogen and oxygen atoms in total. The molecule has 7 heteroatoms. The van der Waals surface area contributed by atoms with Gasteiger partial charge in [0.2, 0.25) is 5.91 Å². The normalized spacial score (nSPS) is 11.2. The molecule has 0 fully saturated rings. The van der Waals surface area contributed by atoms with Crippen molar-refractivity contribution in [3.8, 4) is 0 Å². The molecule has 3 aromatic carbocycles. The van der Waals surface area contributed by atoms with Crippen LogP contribution in [0.5, 0.6) is 0 Å². The van der Waals surface area contributed by atoms with Gasteiger partial charge in [-0.2, -0.15) is 0 Å². The molecule has 0 atom stereocenters. The number of aryl methyl sites for hydroxylation is 2. The van der Waals surface area contributed by atoms with Crippen molar-refractivity contribution in [2.75, 3.05) is 16.2 Å². The van der Waals surface area contributed by atoms with Crippen LogP contribution in [0.4, 0.5) is 11.4 Å². The zero-order valence-electron chi connectivity index (χ0n) is 16.8. The van der Waals surface area contributed by atoms with Crippen molar-refractivity contribution in [3.63, 3.8) is 0 Å². The molecule has 1 amide bonds. The van der Waals surface area contributed by atoms with E-state index in [2.05, 4.69) is 5.32 Å². The van der Waals surface area contributed by atoms with Gasteiger partial charge in [-0.25, -0.2) is 8.42 Å². The summed E-state index contributed by atoms with van der Waals surface area (Å²) in [6.07, 6.45) is 0.631. The zero-order valence-corrected chi connectivity index (χ0v) is 18.4. The number of hydrogen-bond acceptors (Lipinski definition) is 3. The van der Waals surface area contributed by atoms with Gasteiger partial charge in [0.25, 0.3) is 10.0 Å². The topological polar surface area (TPSA) is 66.5 Å². The number of anilines is 2. The Hall–Kier alpha value is -2.83. The molecule has 30 heavy (non-hydrogen) atoms. The number of sulfonamides is 1. The fourth-order valence-corrected chi connectivity index (χ4v) is 4.74. The average molecular weight is 443 g/mol. The van der Waals surface area contributed by atoms with Crippen LogP contribution >= 0.6 is 11.6 Å². The number of nitrogens with one attached hydrogen (secondary N) is 1. The minimum absolute atomic E-state index is 0.134. The van der Waals surface area contributed by atoms with Gasteiger partial charge in [0, 0.05) is 10.7 Å². The Morgan fingerprint density at radius 1 is 1.00 bits per heavy atom. The molecule has 0 bridgehead atoms. The lowest BCUT2D eigenvalue weighted by Crippen LogP contribution is -2.38. The second kappa shape index (κ2) is 9.32. The lowest BCUT2D eigenvalue weighted by atomic mass is 10.1. The number of benzene rings is 3. The summed E-state index contributed by atoms with van der Waals surface area (Å²) in [5.41, 5.74) is 2.78. The molecule has 0 heterocycles. The smallest absolute Gasteiger partial charge is 0.264 e. The molecule has 0 aromatic heterocycles. The monoisotopic (exact) mass is 442 g/mol.